The van der Waals surface area contributed by atoms with Crippen LogP contribution >= 0.6 is 11.8 Å². The molecule has 0 saturated heterocycles. The Labute approximate surface area is 111 Å². The molecular weight excluding hydrogens is 252 g/mol. The number of benzene rings is 1. The molecule has 1 atom stereocenters. The Hall–Kier alpha value is -1.33. The number of rotatable bonds is 6. The fourth-order valence-electron chi connectivity index (χ4n) is 1.27. The van der Waals surface area contributed by atoms with Gasteiger partial charge >= 0.3 is 5.97 Å². The first-order valence-electron chi connectivity index (χ1n) is 5.60. The average molecular weight is 268 g/mol. The summed E-state index contributed by atoms with van der Waals surface area (Å²) in [5.74, 6) is -0.369. The van der Waals surface area contributed by atoms with Crippen LogP contribution in [-0.4, -0.2) is 29.7 Å². The van der Waals surface area contributed by atoms with Crippen LogP contribution in [0, 0.1) is 0 Å². The molecule has 0 N–H and O–H groups in total. The van der Waals surface area contributed by atoms with Gasteiger partial charge in [0, 0.05) is 6.92 Å². The van der Waals surface area contributed by atoms with Crippen molar-refractivity contribution in [3.8, 4) is 0 Å². The third-order valence-corrected chi connectivity index (χ3v) is 2.81. The number of carbonyl (C=O) groups is 2. The SMILES string of the molecule is CC(=O)SC(C)OCCOC(=O)c1ccccc1. The van der Waals surface area contributed by atoms with E-state index in [0.29, 0.717) is 5.56 Å². The highest BCUT2D eigenvalue weighted by Gasteiger charge is 2.08. The zero-order valence-electron chi connectivity index (χ0n) is 10.4. The van der Waals surface area contributed by atoms with Gasteiger partial charge in [-0.25, -0.2) is 4.79 Å². The molecule has 98 valence electrons. The van der Waals surface area contributed by atoms with E-state index < -0.39 is 0 Å². The predicted molar refractivity (Wildman–Crippen MR) is 70.4 cm³/mol. The van der Waals surface area contributed by atoms with Crippen molar-refractivity contribution in [1.29, 1.82) is 0 Å². The van der Waals surface area contributed by atoms with Gasteiger partial charge in [0.2, 0.25) is 0 Å². The second kappa shape index (κ2) is 7.89. The number of carbonyl (C=O) groups excluding carboxylic acids is 2. The topological polar surface area (TPSA) is 52.6 Å². The minimum absolute atomic E-state index is 0.00350. The summed E-state index contributed by atoms with van der Waals surface area (Å²) in [6, 6.07) is 8.77. The summed E-state index contributed by atoms with van der Waals surface area (Å²) in [7, 11) is 0. The van der Waals surface area contributed by atoms with Crippen LogP contribution in [0.2, 0.25) is 0 Å². The molecule has 0 aromatic heterocycles. The molecule has 0 aliphatic rings. The highest BCUT2D eigenvalue weighted by atomic mass is 32.2. The van der Waals surface area contributed by atoms with Gasteiger partial charge in [0.05, 0.1) is 12.2 Å². The van der Waals surface area contributed by atoms with E-state index in [4.69, 9.17) is 9.47 Å². The predicted octanol–water partition coefficient (Wildman–Crippen LogP) is 2.49. The molecule has 1 rings (SSSR count). The lowest BCUT2D eigenvalue weighted by atomic mass is 10.2. The third kappa shape index (κ3) is 5.84. The first kappa shape index (κ1) is 14.7. The molecule has 1 aromatic carbocycles. The van der Waals surface area contributed by atoms with Crippen LogP contribution in [0.25, 0.3) is 0 Å². The highest BCUT2D eigenvalue weighted by molar-refractivity contribution is 8.13. The molecule has 0 amide bonds. The highest BCUT2D eigenvalue weighted by Crippen LogP contribution is 2.11. The molecule has 0 radical (unpaired) electrons. The first-order valence-corrected chi connectivity index (χ1v) is 6.48. The quantitative estimate of drug-likeness (QED) is 0.451. The minimum atomic E-state index is -0.369. The van der Waals surface area contributed by atoms with Gasteiger partial charge in [0.1, 0.15) is 12.0 Å². The molecule has 5 heteroatoms. The minimum Gasteiger partial charge on any atom is -0.460 e. The van der Waals surface area contributed by atoms with Gasteiger partial charge in [-0.05, 0) is 19.1 Å². The van der Waals surface area contributed by atoms with E-state index in [2.05, 4.69) is 0 Å². The van der Waals surface area contributed by atoms with Crippen molar-refractivity contribution in [1.82, 2.24) is 0 Å². The Balaban J connectivity index is 2.19. The monoisotopic (exact) mass is 268 g/mol. The Morgan fingerprint density at radius 1 is 1.22 bits per heavy atom. The lowest BCUT2D eigenvalue weighted by Gasteiger charge is -2.10. The van der Waals surface area contributed by atoms with Crippen molar-refractivity contribution < 1.29 is 19.1 Å². The van der Waals surface area contributed by atoms with Crippen molar-refractivity contribution in [2.24, 2.45) is 0 Å². The molecule has 1 aromatic rings. The van der Waals surface area contributed by atoms with Crippen molar-refractivity contribution in [2.75, 3.05) is 13.2 Å². The van der Waals surface area contributed by atoms with Crippen LogP contribution in [0.4, 0.5) is 0 Å². The van der Waals surface area contributed by atoms with Gasteiger partial charge < -0.3 is 9.47 Å². The summed E-state index contributed by atoms with van der Waals surface area (Å²) < 4.78 is 10.3. The van der Waals surface area contributed by atoms with E-state index in [0.717, 1.165) is 11.8 Å². The van der Waals surface area contributed by atoms with Gasteiger partial charge in [-0.2, -0.15) is 0 Å². The van der Waals surface area contributed by atoms with E-state index >= 15 is 0 Å². The van der Waals surface area contributed by atoms with Crippen molar-refractivity contribution in [3.05, 3.63) is 35.9 Å². The third-order valence-electron chi connectivity index (χ3n) is 2.01. The maximum absolute atomic E-state index is 11.5. The number of thioether (sulfide) groups is 1. The molecule has 18 heavy (non-hydrogen) atoms. The number of ether oxygens (including phenoxy) is 2. The molecule has 0 fully saturated rings. The van der Waals surface area contributed by atoms with Gasteiger partial charge in [0.15, 0.2) is 5.12 Å². The molecule has 4 nitrogen and oxygen atoms in total. The molecule has 0 aliphatic heterocycles. The summed E-state index contributed by atoms with van der Waals surface area (Å²) in [4.78, 5) is 22.3. The molecule has 0 aliphatic carbocycles. The average Bonchev–Trinajstić information content (AvgIpc) is 2.34. The van der Waals surface area contributed by atoms with E-state index in [1.807, 2.05) is 6.07 Å². The van der Waals surface area contributed by atoms with E-state index in [-0.39, 0.29) is 29.7 Å². The van der Waals surface area contributed by atoms with E-state index in [1.54, 1.807) is 31.2 Å². The van der Waals surface area contributed by atoms with E-state index in [1.165, 1.54) is 6.92 Å². The molecule has 0 spiro atoms. The van der Waals surface area contributed by atoms with Gasteiger partial charge in [-0.15, -0.1) is 0 Å². The van der Waals surface area contributed by atoms with Crippen LogP contribution in [-0.2, 0) is 14.3 Å². The maximum Gasteiger partial charge on any atom is 0.338 e. The van der Waals surface area contributed by atoms with Gasteiger partial charge in [0.25, 0.3) is 0 Å². The normalized spacial score (nSPS) is 11.9. The van der Waals surface area contributed by atoms with Crippen LogP contribution in [0.15, 0.2) is 30.3 Å². The second-order valence-corrected chi connectivity index (χ2v) is 5.02. The van der Waals surface area contributed by atoms with Crippen molar-refractivity contribution >= 4 is 22.8 Å². The zero-order chi connectivity index (χ0) is 13.4. The summed E-state index contributed by atoms with van der Waals surface area (Å²) in [5.41, 5.74) is 0.293. The van der Waals surface area contributed by atoms with E-state index in [9.17, 15) is 9.59 Å². The molecule has 0 saturated carbocycles. The molecule has 0 bridgehead atoms. The lowest BCUT2D eigenvalue weighted by Crippen LogP contribution is -2.14. The molecular formula is C13H16O4S. The Morgan fingerprint density at radius 2 is 1.89 bits per heavy atom. The van der Waals surface area contributed by atoms with Crippen LogP contribution in [0.5, 0.6) is 0 Å². The molecule has 0 heterocycles. The van der Waals surface area contributed by atoms with Gasteiger partial charge in [-0.1, -0.05) is 30.0 Å². The van der Waals surface area contributed by atoms with Gasteiger partial charge in [-0.3, -0.25) is 4.79 Å². The fourth-order valence-corrected chi connectivity index (χ4v) is 1.91. The zero-order valence-corrected chi connectivity index (χ0v) is 11.2. The van der Waals surface area contributed by atoms with Crippen molar-refractivity contribution in [3.63, 3.8) is 0 Å². The standard InChI is InChI=1S/C13H16O4S/c1-10(14)18-11(2)16-8-9-17-13(15)12-6-4-3-5-7-12/h3-7,11H,8-9H2,1-2H3. The largest absolute Gasteiger partial charge is 0.460 e. The Bertz CT molecular complexity index is 391. The number of hydrogen-bond donors (Lipinski definition) is 0. The Kier molecular flexibility index (Phi) is 6.46. The summed E-state index contributed by atoms with van der Waals surface area (Å²) in [5, 5.41) is 0.00350. The summed E-state index contributed by atoms with van der Waals surface area (Å²) in [6.07, 6.45) is 0. The lowest BCUT2D eigenvalue weighted by molar-refractivity contribution is -0.109. The van der Waals surface area contributed by atoms with Crippen molar-refractivity contribution in [2.45, 2.75) is 19.3 Å². The van der Waals surface area contributed by atoms with Crippen LogP contribution < -0.4 is 0 Å². The number of esters is 1. The smallest absolute Gasteiger partial charge is 0.338 e. The summed E-state index contributed by atoms with van der Waals surface area (Å²) in [6.45, 7) is 3.72. The number of hydrogen-bond acceptors (Lipinski definition) is 5. The first-order chi connectivity index (χ1) is 8.59. The fraction of sp³-hybridized carbons (Fsp3) is 0.385. The van der Waals surface area contributed by atoms with Crippen LogP contribution in [0.1, 0.15) is 24.2 Å². The second-order valence-electron chi connectivity index (χ2n) is 3.55. The molecule has 1 unspecified atom stereocenters. The maximum atomic E-state index is 11.5. The Morgan fingerprint density at radius 3 is 2.50 bits per heavy atom. The van der Waals surface area contributed by atoms with Crippen LogP contribution in [0.3, 0.4) is 0 Å². The summed E-state index contributed by atoms with van der Waals surface area (Å²) >= 11 is 1.11.